The number of ketones is 1. The Kier molecular flexibility index (Phi) is 5.36. The van der Waals surface area contributed by atoms with Crippen LogP contribution in [-0.2, 0) is 0 Å². The molecule has 0 heterocycles. The molecular formula is C13H18N2O2. The molecule has 0 saturated carbocycles. The molecule has 4 nitrogen and oxygen atoms in total. The predicted molar refractivity (Wildman–Crippen MR) is 67.1 cm³/mol. The van der Waals surface area contributed by atoms with Gasteiger partial charge in [-0.25, -0.2) is 0 Å². The monoisotopic (exact) mass is 234 g/mol. The topological polar surface area (TPSA) is 72.2 Å². The molecule has 0 fully saturated rings. The Morgan fingerprint density at radius 3 is 2.29 bits per heavy atom. The maximum Gasteiger partial charge on any atom is 0.251 e. The van der Waals surface area contributed by atoms with Gasteiger partial charge in [0.1, 0.15) is 0 Å². The van der Waals surface area contributed by atoms with Gasteiger partial charge in [0.25, 0.3) is 5.91 Å². The highest BCUT2D eigenvalue weighted by Crippen LogP contribution is 2.06. The van der Waals surface area contributed by atoms with Crippen molar-refractivity contribution in [1.29, 1.82) is 0 Å². The highest BCUT2D eigenvalue weighted by Gasteiger charge is 2.06. The van der Waals surface area contributed by atoms with Crippen LogP contribution >= 0.6 is 0 Å². The fourth-order valence-corrected chi connectivity index (χ4v) is 1.42. The summed E-state index contributed by atoms with van der Waals surface area (Å²) in [7, 11) is 0. The van der Waals surface area contributed by atoms with E-state index in [0.717, 1.165) is 6.42 Å². The lowest BCUT2D eigenvalue weighted by molar-refractivity contribution is 0.0950. The summed E-state index contributed by atoms with van der Waals surface area (Å²) in [5, 5.41) is 2.76. The van der Waals surface area contributed by atoms with Gasteiger partial charge in [-0.2, -0.15) is 0 Å². The molecule has 0 aromatic heterocycles. The summed E-state index contributed by atoms with van der Waals surface area (Å²) in [5.41, 5.74) is 6.54. The van der Waals surface area contributed by atoms with Crippen LogP contribution in [0.2, 0.25) is 0 Å². The van der Waals surface area contributed by atoms with Crippen molar-refractivity contribution in [1.82, 2.24) is 5.32 Å². The third-order valence-electron chi connectivity index (χ3n) is 2.46. The largest absolute Gasteiger partial charge is 0.352 e. The van der Waals surface area contributed by atoms with Gasteiger partial charge in [-0.15, -0.1) is 0 Å². The quantitative estimate of drug-likeness (QED) is 0.576. The van der Waals surface area contributed by atoms with E-state index in [-0.39, 0.29) is 11.7 Å². The second kappa shape index (κ2) is 6.81. The van der Waals surface area contributed by atoms with E-state index in [4.69, 9.17) is 5.73 Å². The van der Waals surface area contributed by atoms with E-state index < -0.39 is 0 Å². The molecule has 1 amide bonds. The molecule has 0 aliphatic rings. The Labute approximate surface area is 101 Å². The zero-order valence-corrected chi connectivity index (χ0v) is 10.0. The predicted octanol–water partition coefficient (Wildman–Crippen LogP) is 1.36. The zero-order chi connectivity index (χ0) is 12.7. The molecule has 0 saturated heterocycles. The first-order chi connectivity index (χ1) is 8.19. The Morgan fingerprint density at radius 2 is 1.76 bits per heavy atom. The van der Waals surface area contributed by atoms with Crippen molar-refractivity contribution in [2.75, 3.05) is 13.1 Å². The second-order valence-electron chi connectivity index (χ2n) is 3.75. The molecular weight excluding hydrogens is 216 g/mol. The highest BCUT2D eigenvalue weighted by atomic mass is 16.1. The fraction of sp³-hybridized carbons (Fsp3) is 0.385. The molecule has 92 valence electrons. The molecule has 3 N–H and O–H groups in total. The van der Waals surface area contributed by atoms with Gasteiger partial charge < -0.3 is 11.1 Å². The molecule has 0 atom stereocenters. The van der Waals surface area contributed by atoms with Crippen molar-refractivity contribution in [3.05, 3.63) is 35.4 Å². The van der Waals surface area contributed by atoms with Gasteiger partial charge in [0, 0.05) is 24.1 Å². The van der Waals surface area contributed by atoms with Gasteiger partial charge in [0.2, 0.25) is 0 Å². The van der Waals surface area contributed by atoms with Gasteiger partial charge in [-0.1, -0.05) is 19.1 Å². The Bertz CT molecular complexity index is 385. The number of benzene rings is 1. The minimum absolute atomic E-state index is 0.0834. The SMILES string of the molecule is CCC(=O)c1ccc(C(=O)NCCCN)cc1. The number of nitrogens with two attached hydrogens (primary N) is 1. The molecule has 0 unspecified atom stereocenters. The Hall–Kier alpha value is -1.68. The average molecular weight is 234 g/mol. The lowest BCUT2D eigenvalue weighted by Gasteiger charge is -2.04. The van der Waals surface area contributed by atoms with E-state index in [1.54, 1.807) is 24.3 Å². The second-order valence-corrected chi connectivity index (χ2v) is 3.75. The van der Waals surface area contributed by atoms with Crippen LogP contribution in [0.3, 0.4) is 0 Å². The van der Waals surface area contributed by atoms with Crippen molar-refractivity contribution in [2.45, 2.75) is 19.8 Å². The molecule has 1 aromatic carbocycles. The van der Waals surface area contributed by atoms with Crippen molar-refractivity contribution in [2.24, 2.45) is 5.73 Å². The minimum atomic E-state index is -0.131. The highest BCUT2D eigenvalue weighted by molar-refractivity contribution is 5.98. The molecule has 0 bridgehead atoms. The third kappa shape index (κ3) is 4.00. The standard InChI is InChI=1S/C13H18N2O2/c1-2-12(16)10-4-6-11(7-5-10)13(17)15-9-3-8-14/h4-7H,2-3,8-9,14H2,1H3,(H,15,17). The first-order valence-electron chi connectivity index (χ1n) is 5.80. The van der Waals surface area contributed by atoms with Crippen molar-refractivity contribution in [3.8, 4) is 0 Å². The first kappa shape index (κ1) is 13.4. The molecule has 0 spiro atoms. The summed E-state index contributed by atoms with van der Waals surface area (Å²) in [4.78, 5) is 23.0. The number of hydrogen-bond acceptors (Lipinski definition) is 3. The van der Waals surface area contributed by atoms with E-state index in [1.165, 1.54) is 0 Å². The number of Topliss-reactive ketones (excluding diaryl/α,β-unsaturated/α-hetero) is 1. The van der Waals surface area contributed by atoms with Gasteiger partial charge in [0.15, 0.2) is 5.78 Å². The van der Waals surface area contributed by atoms with E-state index in [0.29, 0.717) is 30.6 Å². The van der Waals surface area contributed by atoms with Crippen LogP contribution < -0.4 is 11.1 Å². The van der Waals surface area contributed by atoms with Crippen LogP contribution in [-0.4, -0.2) is 24.8 Å². The Morgan fingerprint density at radius 1 is 1.18 bits per heavy atom. The van der Waals surface area contributed by atoms with Crippen LogP contribution in [0.5, 0.6) is 0 Å². The van der Waals surface area contributed by atoms with Crippen LogP contribution in [0.25, 0.3) is 0 Å². The smallest absolute Gasteiger partial charge is 0.251 e. The lowest BCUT2D eigenvalue weighted by Crippen LogP contribution is -2.25. The summed E-state index contributed by atoms with van der Waals surface area (Å²) < 4.78 is 0. The molecule has 0 aliphatic carbocycles. The fourth-order valence-electron chi connectivity index (χ4n) is 1.42. The summed E-state index contributed by atoms with van der Waals surface area (Å²) in [6.45, 7) is 2.95. The van der Waals surface area contributed by atoms with Crippen molar-refractivity contribution in [3.63, 3.8) is 0 Å². The minimum Gasteiger partial charge on any atom is -0.352 e. The van der Waals surface area contributed by atoms with Crippen molar-refractivity contribution < 1.29 is 9.59 Å². The van der Waals surface area contributed by atoms with E-state index in [9.17, 15) is 9.59 Å². The van der Waals surface area contributed by atoms with E-state index in [2.05, 4.69) is 5.32 Å². The van der Waals surface area contributed by atoms with Crippen LogP contribution in [0, 0.1) is 0 Å². The number of amides is 1. The third-order valence-corrected chi connectivity index (χ3v) is 2.46. The van der Waals surface area contributed by atoms with E-state index in [1.807, 2.05) is 6.92 Å². The van der Waals surface area contributed by atoms with Gasteiger partial charge in [0.05, 0.1) is 0 Å². The number of rotatable bonds is 6. The normalized spacial score (nSPS) is 10.0. The molecule has 1 rings (SSSR count). The summed E-state index contributed by atoms with van der Waals surface area (Å²) in [5.74, 6) is -0.0472. The maximum atomic E-state index is 11.6. The number of carbonyl (C=O) groups excluding carboxylic acids is 2. The van der Waals surface area contributed by atoms with Crippen molar-refractivity contribution >= 4 is 11.7 Å². The van der Waals surface area contributed by atoms with Crippen LogP contribution in [0.15, 0.2) is 24.3 Å². The van der Waals surface area contributed by atoms with Gasteiger partial charge in [-0.3, -0.25) is 9.59 Å². The average Bonchev–Trinajstić information content (AvgIpc) is 2.38. The summed E-state index contributed by atoms with van der Waals surface area (Å²) in [6.07, 6.45) is 1.24. The van der Waals surface area contributed by atoms with E-state index >= 15 is 0 Å². The lowest BCUT2D eigenvalue weighted by atomic mass is 10.1. The summed E-state index contributed by atoms with van der Waals surface area (Å²) in [6, 6.07) is 6.70. The van der Waals surface area contributed by atoms with Crippen LogP contribution in [0.1, 0.15) is 40.5 Å². The molecule has 0 radical (unpaired) electrons. The number of hydrogen-bond donors (Lipinski definition) is 2. The molecule has 4 heteroatoms. The number of nitrogens with one attached hydrogen (secondary N) is 1. The molecule has 0 aliphatic heterocycles. The number of carbonyl (C=O) groups is 2. The molecule has 1 aromatic rings. The van der Waals surface area contributed by atoms with Crippen LogP contribution in [0.4, 0.5) is 0 Å². The van der Waals surface area contributed by atoms with Gasteiger partial charge in [-0.05, 0) is 25.1 Å². The van der Waals surface area contributed by atoms with Gasteiger partial charge >= 0.3 is 0 Å². The molecule has 17 heavy (non-hydrogen) atoms. The Balaban J connectivity index is 2.61. The maximum absolute atomic E-state index is 11.6. The zero-order valence-electron chi connectivity index (χ0n) is 10.0. The summed E-state index contributed by atoms with van der Waals surface area (Å²) >= 11 is 0. The first-order valence-corrected chi connectivity index (χ1v) is 5.80.